The molecule has 0 aliphatic carbocycles. The molecule has 1 atom stereocenters. The van der Waals surface area contributed by atoms with Crippen LogP contribution in [0.4, 0.5) is 4.39 Å². The molecule has 5 heteroatoms. The lowest BCUT2D eigenvalue weighted by Crippen LogP contribution is -2.11. The quantitative estimate of drug-likeness (QED) is 0.564. The molecule has 0 saturated carbocycles. The molecule has 3 aromatic rings. The second-order valence-corrected chi connectivity index (χ2v) is 6.57. The fourth-order valence-electron chi connectivity index (χ4n) is 2.09. The molecule has 102 valence electrons. The minimum atomic E-state index is -0.394. The Labute approximate surface area is 137 Å². The predicted molar refractivity (Wildman–Crippen MR) is 89.1 cm³/mol. The lowest BCUT2D eigenvalue weighted by molar-refractivity contribution is 0.524. The molecule has 0 radical (unpaired) electrons. The third-order valence-corrected chi connectivity index (χ3v) is 4.49. The van der Waals surface area contributed by atoms with Gasteiger partial charge < -0.3 is 10.2 Å². The lowest BCUT2D eigenvalue weighted by Gasteiger charge is -2.11. The van der Waals surface area contributed by atoms with Crippen LogP contribution >= 0.6 is 38.5 Å². The highest BCUT2D eigenvalue weighted by atomic mass is 127. The van der Waals surface area contributed by atoms with Crippen molar-refractivity contribution in [3.63, 3.8) is 0 Å². The van der Waals surface area contributed by atoms with Crippen LogP contribution in [0.15, 0.2) is 51.4 Å². The van der Waals surface area contributed by atoms with E-state index in [1.54, 1.807) is 12.1 Å². The average molecular weight is 446 g/mol. The normalized spacial score (nSPS) is 12.8. The van der Waals surface area contributed by atoms with E-state index in [-0.39, 0.29) is 5.82 Å². The summed E-state index contributed by atoms with van der Waals surface area (Å²) in [7, 11) is 0. The van der Waals surface area contributed by atoms with Gasteiger partial charge in [-0.1, -0.05) is 15.9 Å². The summed E-state index contributed by atoms with van der Waals surface area (Å²) in [6.45, 7) is 0. The lowest BCUT2D eigenvalue weighted by atomic mass is 10.1. The van der Waals surface area contributed by atoms with Crippen LogP contribution in [-0.2, 0) is 0 Å². The summed E-state index contributed by atoms with van der Waals surface area (Å²) in [5, 5.41) is 0.720. The zero-order valence-corrected chi connectivity index (χ0v) is 14.0. The first-order chi connectivity index (χ1) is 9.54. The van der Waals surface area contributed by atoms with E-state index in [2.05, 4.69) is 38.5 Å². The highest BCUT2D eigenvalue weighted by Crippen LogP contribution is 2.31. The van der Waals surface area contributed by atoms with Gasteiger partial charge in [0.15, 0.2) is 0 Å². The molecule has 1 unspecified atom stereocenters. The molecule has 0 amide bonds. The molecule has 0 aliphatic heterocycles. The topological polar surface area (TPSA) is 39.2 Å². The van der Waals surface area contributed by atoms with Crippen LogP contribution in [0, 0.1) is 9.39 Å². The summed E-state index contributed by atoms with van der Waals surface area (Å²) >= 11 is 5.74. The Morgan fingerprint density at radius 1 is 1.15 bits per heavy atom. The first kappa shape index (κ1) is 14.0. The van der Waals surface area contributed by atoms with Crippen LogP contribution < -0.4 is 5.73 Å². The van der Waals surface area contributed by atoms with Crippen LogP contribution in [0.2, 0.25) is 0 Å². The van der Waals surface area contributed by atoms with Crippen molar-refractivity contribution in [3.8, 4) is 0 Å². The average Bonchev–Trinajstić information content (AvgIpc) is 2.83. The van der Waals surface area contributed by atoms with E-state index in [0.717, 1.165) is 19.0 Å². The van der Waals surface area contributed by atoms with Crippen LogP contribution in [0.25, 0.3) is 11.0 Å². The number of rotatable bonds is 2. The summed E-state index contributed by atoms with van der Waals surface area (Å²) < 4.78 is 20.9. The van der Waals surface area contributed by atoms with E-state index in [4.69, 9.17) is 10.2 Å². The molecule has 0 bridgehead atoms. The summed E-state index contributed by atoms with van der Waals surface area (Å²) in [6.07, 6.45) is 0. The largest absolute Gasteiger partial charge is 0.459 e. The van der Waals surface area contributed by atoms with Gasteiger partial charge in [0.1, 0.15) is 17.2 Å². The molecule has 2 N–H and O–H groups in total. The Morgan fingerprint density at radius 2 is 1.95 bits per heavy atom. The van der Waals surface area contributed by atoms with E-state index in [1.807, 2.05) is 18.2 Å². The highest BCUT2D eigenvalue weighted by Gasteiger charge is 2.17. The van der Waals surface area contributed by atoms with Crippen molar-refractivity contribution in [3.05, 3.63) is 67.6 Å². The number of halogens is 3. The minimum absolute atomic E-state index is 0.283. The van der Waals surface area contributed by atoms with Crippen molar-refractivity contribution in [2.75, 3.05) is 0 Å². The van der Waals surface area contributed by atoms with Gasteiger partial charge in [-0.15, -0.1) is 0 Å². The van der Waals surface area contributed by atoms with Gasteiger partial charge in [-0.05, 0) is 70.6 Å². The highest BCUT2D eigenvalue weighted by molar-refractivity contribution is 14.1. The van der Waals surface area contributed by atoms with Crippen molar-refractivity contribution < 1.29 is 8.81 Å². The zero-order valence-electron chi connectivity index (χ0n) is 10.2. The molecule has 2 nitrogen and oxygen atoms in total. The Kier molecular flexibility index (Phi) is 3.83. The summed E-state index contributed by atoms with van der Waals surface area (Å²) in [5.41, 5.74) is 7.85. The molecular weight excluding hydrogens is 436 g/mol. The number of fused-ring (bicyclic) bond motifs is 1. The molecule has 1 heterocycles. The molecule has 0 spiro atoms. The molecule has 0 saturated heterocycles. The van der Waals surface area contributed by atoms with E-state index in [0.29, 0.717) is 11.3 Å². The van der Waals surface area contributed by atoms with Crippen molar-refractivity contribution in [2.45, 2.75) is 6.04 Å². The van der Waals surface area contributed by atoms with Crippen LogP contribution in [0.3, 0.4) is 0 Å². The second-order valence-electron chi connectivity index (χ2n) is 4.47. The van der Waals surface area contributed by atoms with Crippen LogP contribution in [0.5, 0.6) is 0 Å². The second kappa shape index (κ2) is 5.46. The smallest absolute Gasteiger partial charge is 0.134 e. The monoisotopic (exact) mass is 445 g/mol. The minimum Gasteiger partial charge on any atom is -0.459 e. The van der Waals surface area contributed by atoms with Gasteiger partial charge in [0.05, 0.1) is 6.04 Å². The number of hydrogen-bond donors (Lipinski definition) is 1. The predicted octanol–water partition coefficient (Wildman–Crippen LogP) is 4.99. The summed E-state index contributed by atoms with van der Waals surface area (Å²) in [6, 6.07) is 11.8. The fraction of sp³-hybridized carbons (Fsp3) is 0.0667. The third kappa shape index (κ3) is 2.62. The van der Waals surface area contributed by atoms with E-state index >= 15 is 0 Å². The molecule has 20 heavy (non-hydrogen) atoms. The van der Waals surface area contributed by atoms with Gasteiger partial charge in [0, 0.05) is 13.4 Å². The number of nitrogens with two attached hydrogens (primary N) is 1. The van der Waals surface area contributed by atoms with E-state index < -0.39 is 6.04 Å². The molecule has 2 aromatic carbocycles. The Morgan fingerprint density at radius 3 is 2.75 bits per heavy atom. The standard InChI is InChI=1S/C15H10BrFINO/c16-12-3-2-10(18)7-11(12)15(19)14-6-8-5-9(17)1-4-13(8)20-14/h1-7,15H,19H2. The van der Waals surface area contributed by atoms with Gasteiger partial charge in [-0.25, -0.2) is 4.39 Å². The maximum absolute atomic E-state index is 13.2. The molecule has 3 rings (SSSR count). The number of furan rings is 1. The van der Waals surface area contributed by atoms with Crippen LogP contribution in [-0.4, -0.2) is 0 Å². The Hall–Kier alpha value is -0.920. The third-order valence-electron chi connectivity index (χ3n) is 3.10. The number of hydrogen-bond acceptors (Lipinski definition) is 2. The van der Waals surface area contributed by atoms with Crippen molar-refractivity contribution in [1.29, 1.82) is 0 Å². The Bertz CT molecular complexity index is 787. The summed E-state index contributed by atoms with van der Waals surface area (Å²) in [4.78, 5) is 0. The SMILES string of the molecule is NC(c1cc2cc(F)ccc2o1)c1cc(I)ccc1Br. The molecule has 0 aliphatic rings. The van der Waals surface area contributed by atoms with Gasteiger partial charge in [-0.3, -0.25) is 0 Å². The number of benzene rings is 2. The maximum atomic E-state index is 13.2. The first-order valence-corrected chi connectivity index (χ1v) is 7.81. The molecule has 0 fully saturated rings. The van der Waals surface area contributed by atoms with Crippen molar-refractivity contribution >= 4 is 49.5 Å². The Balaban J connectivity index is 2.07. The van der Waals surface area contributed by atoms with Crippen molar-refractivity contribution in [1.82, 2.24) is 0 Å². The van der Waals surface area contributed by atoms with Gasteiger partial charge >= 0.3 is 0 Å². The maximum Gasteiger partial charge on any atom is 0.134 e. The van der Waals surface area contributed by atoms with Crippen LogP contribution in [0.1, 0.15) is 17.4 Å². The van der Waals surface area contributed by atoms with Gasteiger partial charge in [0.25, 0.3) is 0 Å². The van der Waals surface area contributed by atoms with E-state index in [1.165, 1.54) is 12.1 Å². The molecule has 1 aromatic heterocycles. The zero-order chi connectivity index (χ0) is 14.3. The molecular formula is C15H10BrFINO. The summed E-state index contributed by atoms with van der Waals surface area (Å²) in [5.74, 6) is 0.335. The van der Waals surface area contributed by atoms with Crippen molar-refractivity contribution in [2.24, 2.45) is 5.73 Å². The van der Waals surface area contributed by atoms with Gasteiger partial charge in [-0.2, -0.15) is 0 Å². The van der Waals surface area contributed by atoms with E-state index in [9.17, 15) is 4.39 Å². The fourth-order valence-corrected chi connectivity index (χ4v) is 3.10. The van der Waals surface area contributed by atoms with Gasteiger partial charge in [0.2, 0.25) is 0 Å². The first-order valence-electron chi connectivity index (χ1n) is 5.94.